The Morgan fingerprint density at radius 1 is 1.26 bits per heavy atom. The third kappa shape index (κ3) is 1.30. The fraction of sp³-hybridized carbons (Fsp3) is 0.500. The van der Waals surface area contributed by atoms with Crippen LogP contribution in [0.4, 0.5) is 0 Å². The van der Waals surface area contributed by atoms with E-state index in [1.807, 2.05) is 0 Å². The van der Waals surface area contributed by atoms with Crippen molar-refractivity contribution < 1.29 is 0 Å². The monoisotopic (exact) mass is 249 g/mol. The molecule has 2 saturated carbocycles. The zero-order chi connectivity index (χ0) is 13.1. The van der Waals surface area contributed by atoms with Crippen molar-refractivity contribution in [3.8, 4) is 6.07 Å². The number of benzene rings is 1. The highest BCUT2D eigenvalue weighted by Gasteiger charge is 2.68. The van der Waals surface area contributed by atoms with Crippen LogP contribution in [0, 0.1) is 16.7 Å². The molecule has 1 nitrogen and oxygen atoms in total. The molecule has 3 aliphatic carbocycles. The van der Waals surface area contributed by atoms with Crippen LogP contribution in [-0.4, -0.2) is 0 Å². The van der Waals surface area contributed by atoms with Gasteiger partial charge in [-0.1, -0.05) is 25.1 Å². The quantitative estimate of drug-likeness (QED) is 0.678. The lowest BCUT2D eigenvalue weighted by Crippen LogP contribution is -2.29. The van der Waals surface area contributed by atoms with Gasteiger partial charge in [0.15, 0.2) is 0 Å². The van der Waals surface area contributed by atoms with Crippen molar-refractivity contribution in [2.45, 2.75) is 50.9 Å². The summed E-state index contributed by atoms with van der Waals surface area (Å²) in [5.41, 5.74) is 6.82. The Balaban J connectivity index is 2.00. The predicted molar refractivity (Wildman–Crippen MR) is 76.6 cm³/mol. The van der Waals surface area contributed by atoms with E-state index in [1.165, 1.54) is 42.4 Å². The lowest BCUT2D eigenvalue weighted by atomic mass is 9.66. The molecule has 1 heteroatoms. The third-order valence-corrected chi connectivity index (χ3v) is 5.74. The molecule has 0 radical (unpaired) electrons. The summed E-state index contributed by atoms with van der Waals surface area (Å²) in [6.45, 7) is 2.26. The van der Waals surface area contributed by atoms with Gasteiger partial charge in [-0.2, -0.15) is 5.26 Å². The molecule has 0 bridgehead atoms. The fourth-order valence-corrected chi connectivity index (χ4v) is 4.54. The smallest absolute Gasteiger partial charge is 0.0915 e. The minimum absolute atomic E-state index is 0.488. The van der Waals surface area contributed by atoms with E-state index >= 15 is 0 Å². The fourth-order valence-electron chi connectivity index (χ4n) is 4.54. The molecule has 3 aliphatic rings. The van der Waals surface area contributed by atoms with E-state index in [0.29, 0.717) is 10.8 Å². The molecule has 0 atom stereocenters. The molecular formula is C18H19N. The third-order valence-electron chi connectivity index (χ3n) is 5.74. The van der Waals surface area contributed by atoms with Gasteiger partial charge in [0, 0.05) is 11.5 Å². The molecule has 0 aromatic heterocycles. The van der Waals surface area contributed by atoms with Crippen molar-refractivity contribution >= 4 is 5.57 Å². The maximum atomic E-state index is 9.08. The summed E-state index contributed by atoms with van der Waals surface area (Å²) in [4.78, 5) is 0. The van der Waals surface area contributed by atoms with Gasteiger partial charge in [-0.3, -0.25) is 0 Å². The van der Waals surface area contributed by atoms with Crippen LogP contribution in [0.2, 0.25) is 0 Å². The average Bonchev–Trinajstić information content (AvgIpc) is 3.31. The topological polar surface area (TPSA) is 23.8 Å². The normalized spacial score (nSPS) is 26.2. The van der Waals surface area contributed by atoms with Gasteiger partial charge < -0.3 is 0 Å². The second-order valence-corrected chi connectivity index (χ2v) is 6.53. The van der Waals surface area contributed by atoms with Gasteiger partial charge in [0.2, 0.25) is 0 Å². The van der Waals surface area contributed by atoms with Crippen LogP contribution in [0.25, 0.3) is 5.57 Å². The predicted octanol–water partition coefficient (Wildman–Crippen LogP) is 4.37. The highest BCUT2D eigenvalue weighted by Crippen LogP contribution is 2.76. The average molecular weight is 249 g/mol. The summed E-state index contributed by atoms with van der Waals surface area (Å²) >= 11 is 0. The SMILES string of the molecule is CCc1cccc2c1C1(CC1)C1(CC1)CC2=CC#N. The van der Waals surface area contributed by atoms with E-state index < -0.39 is 0 Å². The van der Waals surface area contributed by atoms with Gasteiger partial charge in [-0.05, 0) is 66.2 Å². The first kappa shape index (κ1) is 11.3. The Bertz CT molecular complexity index is 622. The van der Waals surface area contributed by atoms with E-state index in [2.05, 4.69) is 31.2 Å². The van der Waals surface area contributed by atoms with E-state index in [-0.39, 0.29) is 0 Å². The van der Waals surface area contributed by atoms with Crippen LogP contribution < -0.4 is 0 Å². The van der Waals surface area contributed by atoms with Crippen molar-refractivity contribution in [1.29, 1.82) is 5.26 Å². The Hall–Kier alpha value is -1.55. The van der Waals surface area contributed by atoms with Gasteiger partial charge in [-0.25, -0.2) is 0 Å². The Labute approximate surface area is 114 Å². The molecule has 2 fully saturated rings. The number of nitrogens with zero attached hydrogens (tertiary/aromatic N) is 1. The van der Waals surface area contributed by atoms with Gasteiger partial charge >= 0.3 is 0 Å². The number of aryl methyl sites for hydroxylation is 1. The summed E-state index contributed by atoms with van der Waals surface area (Å²) < 4.78 is 0. The molecule has 1 aromatic rings. The van der Waals surface area contributed by atoms with Crippen molar-refractivity contribution in [2.24, 2.45) is 5.41 Å². The number of rotatable bonds is 1. The largest absolute Gasteiger partial charge is 0.193 e. The maximum Gasteiger partial charge on any atom is 0.0915 e. The standard InChI is InChI=1S/C18H19N/c1-2-13-4-3-5-15-14(6-11-19)12-17(7-8-17)18(9-10-18)16(13)15/h3-6H,2,7-10,12H2,1H3. The molecule has 19 heavy (non-hydrogen) atoms. The number of nitriles is 1. The maximum absolute atomic E-state index is 9.08. The zero-order valence-electron chi connectivity index (χ0n) is 11.5. The molecule has 4 rings (SSSR count). The minimum Gasteiger partial charge on any atom is -0.193 e. The van der Waals surface area contributed by atoms with Gasteiger partial charge in [0.05, 0.1) is 6.07 Å². The molecule has 96 valence electrons. The van der Waals surface area contributed by atoms with Gasteiger partial charge in [0.1, 0.15) is 0 Å². The Morgan fingerprint density at radius 3 is 2.63 bits per heavy atom. The molecule has 0 amide bonds. The molecular weight excluding hydrogens is 230 g/mol. The van der Waals surface area contributed by atoms with E-state index in [0.717, 1.165) is 12.8 Å². The highest BCUT2D eigenvalue weighted by atomic mass is 14.7. The second-order valence-electron chi connectivity index (χ2n) is 6.53. The number of fused-ring (bicyclic) bond motifs is 3. The summed E-state index contributed by atoms with van der Waals surface area (Å²) in [7, 11) is 0. The van der Waals surface area contributed by atoms with Crippen LogP contribution in [0.1, 0.15) is 55.7 Å². The molecule has 0 aliphatic heterocycles. The number of hydrogen-bond acceptors (Lipinski definition) is 1. The molecule has 0 N–H and O–H groups in total. The van der Waals surface area contributed by atoms with Gasteiger partial charge in [-0.15, -0.1) is 0 Å². The summed E-state index contributed by atoms with van der Waals surface area (Å²) in [5.74, 6) is 0. The molecule has 0 unspecified atom stereocenters. The minimum atomic E-state index is 0.488. The van der Waals surface area contributed by atoms with Crippen molar-refractivity contribution in [2.75, 3.05) is 0 Å². The number of allylic oxidation sites excluding steroid dienone is 2. The van der Waals surface area contributed by atoms with Crippen molar-refractivity contribution in [1.82, 2.24) is 0 Å². The lowest BCUT2D eigenvalue weighted by Gasteiger charge is -2.37. The Kier molecular flexibility index (Phi) is 2.09. The summed E-state index contributed by atoms with van der Waals surface area (Å²) in [5, 5.41) is 9.08. The van der Waals surface area contributed by atoms with E-state index in [4.69, 9.17) is 5.26 Å². The molecule has 0 heterocycles. The van der Waals surface area contributed by atoms with Crippen LogP contribution in [0.3, 0.4) is 0 Å². The molecule has 1 aromatic carbocycles. The highest BCUT2D eigenvalue weighted by molar-refractivity contribution is 5.77. The van der Waals surface area contributed by atoms with E-state index in [1.54, 1.807) is 11.6 Å². The van der Waals surface area contributed by atoms with Crippen LogP contribution >= 0.6 is 0 Å². The van der Waals surface area contributed by atoms with Crippen LogP contribution in [-0.2, 0) is 11.8 Å². The first-order chi connectivity index (χ1) is 9.26. The van der Waals surface area contributed by atoms with Gasteiger partial charge in [0.25, 0.3) is 0 Å². The molecule has 0 saturated heterocycles. The zero-order valence-corrected chi connectivity index (χ0v) is 11.5. The first-order valence-electron chi connectivity index (χ1n) is 7.48. The van der Waals surface area contributed by atoms with Crippen LogP contribution in [0.15, 0.2) is 24.3 Å². The Morgan fingerprint density at radius 2 is 2.05 bits per heavy atom. The van der Waals surface area contributed by atoms with E-state index in [9.17, 15) is 0 Å². The van der Waals surface area contributed by atoms with Crippen LogP contribution in [0.5, 0.6) is 0 Å². The molecule has 2 spiro atoms. The lowest BCUT2D eigenvalue weighted by molar-refractivity contribution is 0.373. The summed E-state index contributed by atoms with van der Waals surface area (Å²) in [6.07, 6.45) is 9.53. The van der Waals surface area contributed by atoms with Crippen molar-refractivity contribution in [3.63, 3.8) is 0 Å². The first-order valence-corrected chi connectivity index (χ1v) is 7.48. The number of hydrogen-bond donors (Lipinski definition) is 0. The second kappa shape index (κ2) is 3.51. The summed E-state index contributed by atoms with van der Waals surface area (Å²) in [6, 6.07) is 8.98. The van der Waals surface area contributed by atoms with Crippen molar-refractivity contribution in [3.05, 3.63) is 41.0 Å².